The molecule has 0 heterocycles. The zero-order valence-corrected chi connectivity index (χ0v) is 7.30. The highest BCUT2D eigenvalue weighted by atomic mass is 31.2. The third kappa shape index (κ3) is 2.13. The molecule has 2 atom stereocenters. The molecule has 0 saturated heterocycles. The molecule has 0 saturated carbocycles. The molecule has 10 heavy (non-hydrogen) atoms. The summed E-state index contributed by atoms with van der Waals surface area (Å²) in [6.45, 7) is 5.27. The predicted molar refractivity (Wildman–Crippen MR) is 39.7 cm³/mol. The minimum Gasteiger partial charge on any atom is -0.334 e. The standard InChI is InChI=1S/C6H12NO2P/c1-5(2)6(3)10(8,9)4-7/h5-6H,1-3H3,(H,8,9). The van der Waals surface area contributed by atoms with Crippen LogP contribution in [0.2, 0.25) is 0 Å². The van der Waals surface area contributed by atoms with Crippen molar-refractivity contribution in [3.05, 3.63) is 0 Å². The van der Waals surface area contributed by atoms with Gasteiger partial charge in [-0.15, -0.1) is 0 Å². The highest BCUT2D eigenvalue weighted by Crippen LogP contribution is 2.47. The van der Waals surface area contributed by atoms with Crippen LogP contribution in [-0.2, 0) is 4.57 Å². The average Bonchev–Trinajstić information content (AvgIpc) is 1.86. The Labute approximate surface area is 61.1 Å². The Morgan fingerprint density at radius 2 is 1.90 bits per heavy atom. The van der Waals surface area contributed by atoms with Crippen LogP contribution < -0.4 is 0 Å². The van der Waals surface area contributed by atoms with Crippen LogP contribution in [-0.4, -0.2) is 10.6 Å². The van der Waals surface area contributed by atoms with Crippen molar-refractivity contribution in [2.75, 3.05) is 0 Å². The lowest BCUT2D eigenvalue weighted by Gasteiger charge is -2.15. The summed E-state index contributed by atoms with van der Waals surface area (Å²) in [6, 6.07) is 0. The zero-order chi connectivity index (χ0) is 8.36. The molecule has 4 heteroatoms. The van der Waals surface area contributed by atoms with Crippen LogP contribution in [0.3, 0.4) is 0 Å². The SMILES string of the molecule is CC(C)C(C)P(=O)(O)C#N. The normalized spacial score (nSPS) is 19.6. The molecule has 0 aliphatic rings. The van der Waals surface area contributed by atoms with Gasteiger partial charge in [-0.05, 0) is 5.92 Å². The van der Waals surface area contributed by atoms with Gasteiger partial charge in [0.05, 0.1) is 0 Å². The molecule has 2 unspecified atom stereocenters. The van der Waals surface area contributed by atoms with E-state index in [1.165, 1.54) is 5.81 Å². The molecule has 0 aliphatic heterocycles. The van der Waals surface area contributed by atoms with Crippen molar-refractivity contribution < 1.29 is 9.46 Å². The number of hydrogen-bond acceptors (Lipinski definition) is 2. The van der Waals surface area contributed by atoms with Crippen molar-refractivity contribution in [2.24, 2.45) is 5.92 Å². The van der Waals surface area contributed by atoms with E-state index in [-0.39, 0.29) is 5.92 Å². The Morgan fingerprint density at radius 3 is 2.00 bits per heavy atom. The largest absolute Gasteiger partial charge is 0.334 e. The average molecular weight is 161 g/mol. The lowest BCUT2D eigenvalue weighted by Crippen LogP contribution is -2.09. The molecule has 0 rings (SSSR count). The summed E-state index contributed by atoms with van der Waals surface area (Å²) in [5.41, 5.74) is -0.419. The van der Waals surface area contributed by atoms with Gasteiger partial charge in [-0.2, -0.15) is 5.26 Å². The number of nitrogens with zero attached hydrogens (tertiary/aromatic N) is 1. The highest BCUT2D eigenvalue weighted by molar-refractivity contribution is 7.63. The van der Waals surface area contributed by atoms with E-state index in [9.17, 15) is 4.57 Å². The van der Waals surface area contributed by atoms with Crippen molar-refractivity contribution >= 4 is 7.37 Å². The molecule has 0 aromatic rings. The molecule has 0 fully saturated rings. The first-order chi connectivity index (χ1) is 4.41. The quantitative estimate of drug-likeness (QED) is 0.628. The highest BCUT2D eigenvalue weighted by Gasteiger charge is 2.28. The van der Waals surface area contributed by atoms with Crippen LogP contribution in [0.1, 0.15) is 20.8 Å². The zero-order valence-electron chi connectivity index (χ0n) is 6.40. The van der Waals surface area contributed by atoms with Gasteiger partial charge < -0.3 is 4.89 Å². The number of rotatable bonds is 2. The fourth-order valence-corrected chi connectivity index (χ4v) is 1.49. The van der Waals surface area contributed by atoms with Crippen LogP contribution in [0.5, 0.6) is 0 Å². The van der Waals surface area contributed by atoms with Crippen molar-refractivity contribution in [1.29, 1.82) is 5.26 Å². The maximum atomic E-state index is 10.9. The summed E-state index contributed by atoms with van der Waals surface area (Å²) in [4.78, 5) is 8.96. The van der Waals surface area contributed by atoms with Crippen molar-refractivity contribution in [1.82, 2.24) is 0 Å². The van der Waals surface area contributed by atoms with Gasteiger partial charge in [0.2, 0.25) is 0 Å². The van der Waals surface area contributed by atoms with E-state index >= 15 is 0 Å². The van der Waals surface area contributed by atoms with Gasteiger partial charge in [0, 0.05) is 5.66 Å². The van der Waals surface area contributed by atoms with Gasteiger partial charge >= 0.3 is 0 Å². The third-order valence-electron chi connectivity index (χ3n) is 1.66. The van der Waals surface area contributed by atoms with Crippen LogP contribution in [0.4, 0.5) is 0 Å². The fourth-order valence-electron chi connectivity index (χ4n) is 0.495. The van der Waals surface area contributed by atoms with Crippen molar-refractivity contribution in [2.45, 2.75) is 26.4 Å². The molecule has 0 spiro atoms. The molecule has 0 amide bonds. The minimum absolute atomic E-state index is 0.0792. The Bertz CT molecular complexity index is 194. The lowest BCUT2D eigenvalue weighted by atomic mass is 10.2. The number of nitriles is 1. The van der Waals surface area contributed by atoms with Gasteiger partial charge in [-0.1, -0.05) is 20.8 Å². The minimum atomic E-state index is -3.52. The molecule has 0 radical (unpaired) electrons. The maximum absolute atomic E-state index is 10.9. The van der Waals surface area contributed by atoms with Crippen LogP contribution in [0, 0.1) is 17.0 Å². The molecule has 1 N–H and O–H groups in total. The van der Waals surface area contributed by atoms with Crippen molar-refractivity contribution in [3.8, 4) is 5.81 Å². The van der Waals surface area contributed by atoms with E-state index in [4.69, 9.17) is 10.2 Å². The molecule has 3 nitrogen and oxygen atoms in total. The van der Waals surface area contributed by atoms with Gasteiger partial charge in [-0.3, -0.25) is 4.57 Å². The summed E-state index contributed by atoms with van der Waals surface area (Å²) < 4.78 is 10.9. The first-order valence-corrected chi connectivity index (χ1v) is 4.88. The van der Waals surface area contributed by atoms with Gasteiger partial charge in [0.25, 0.3) is 7.37 Å². The smallest absolute Gasteiger partial charge is 0.299 e. The maximum Gasteiger partial charge on any atom is 0.299 e. The van der Waals surface area contributed by atoms with Crippen LogP contribution in [0.15, 0.2) is 0 Å². The first-order valence-electron chi connectivity index (χ1n) is 3.15. The number of hydrogen-bond donors (Lipinski definition) is 1. The topological polar surface area (TPSA) is 61.1 Å². The Morgan fingerprint density at radius 1 is 1.50 bits per heavy atom. The van der Waals surface area contributed by atoms with Crippen molar-refractivity contribution in [3.63, 3.8) is 0 Å². The van der Waals surface area contributed by atoms with E-state index < -0.39 is 13.0 Å². The second-order valence-electron chi connectivity index (χ2n) is 2.71. The van der Waals surface area contributed by atoms with E-state index in [2.05, 4.69) is 0 Å². The fraction of sp³-hybridized carbons (Fsp3) is 0.833. The predicted octanol–water partition coefficient (Wildman–Crippen LogP) is 1.78. The summed E-state index contributed by atoms with van der Waals surface area (Å²) >= 11 is 0. The van der Waals surface area contributed by atoms with E-state index in [1.54, 1.807) is 6.92 Å². The third-order valence-corrected chi connectivity index (χ3v) is 3.65. The molecule has 0 aromatic heterocycles. The molecular weight excluding hydrogens is 149 g/mol. The monoisotopic (exact) mass is 161 g/mol. The summed E-state index contributed by atoms with van der Waals surface area (Å²) in [5.74, 6) is 1.51. The van der Waals surface area contributed by atoms with Gasteiger partial charge in [0.15, 0.2) is 5.81 Å². The van der Waals surface area contributed by atoms with Gasteiger partial charge in [0.1, 0.15) is 0 Å². The van der Waals surface area contributed by atoms with E-state index in [0.717, 1.165) is 0 Å². The second-order valence-corrected chi connectivity index (χ2v) is 4.97. The second kappa shape index (κ2) is 3.18. The summed E-state index contributed by atoms with van der Waals surface area (Å²) in [6.07, 6.45) is 0. The van der Waals surface area contributed by atoms with Crippen LogP contribution >= 0.6 is 7.37 Å². The summed E-state index contributed by atoms with van der Waals surface area (Å²) in [5, 5.41) is 8.25. The first kappa shape index (κ1) is 9.68. The Balaban J connectivity index is 4.38. The molecule has 0 aliphatic carbocycles. The van der Waals surface area contributed by atoms with Crippen LogP contribution in [0.25, 0.3) is 0 Å². The summed E-state index contributed by atoms with van der Waals surface area (Å²) in [7, 11) is -3.52. The Hall–Kier alpha value is -0.320. The van der Waals surface area contributed by atoms with Gasteiger partial charge in [-0.25, -0.2) is 0 Å². The molecule has 0 aromatic carbocycles. The van der Waals surface area contributed by atoms with E-state index in [0.29, 0.717) is 0 Å². The van der Waals surface area contributed by atoms with E-state index in [1.807, 2.05) is 13.8 Å². The molecular formula is C6H12NO2P. The lowest BCUT2D eigenvalue weighted by molar-refractivity contribution is 0.457. The Kier molecular flexibility index (Phi) is 3.08. The molecule has 0 bridgehead atoms. The molecule has 58 valence electrons.